The topological polar surface area (TPSA) is 133 Å². The molecule has 2 fully saturated rings. The molecule has 2 aliphatic rings. The second-order valence-corrected chi connectivity index (χ2v) is 11.8. The zero-order valence-corrected chi connectivity index (χ0v) is 25.1. The van der Waals surface area contributed by atoms with Crippen molar-refractivity contribution in [3.8, 4) is 16.9 Å². The number of hydrogen-bond acceptors (Lipinski definition) is 7. The third kappa shape index (κ3) is 5.63. The number of benzene rings is 3. The second-order valence-electron chi connectivity index (χ2n) is 11.8. The molecule has 1 atom stereocenters. The van der Waals surface area contributed by atoms with Crippen LogP contribution in [0.3, 0.4) is 0 Å². The van der Waals surface area contributed by atoms with Gasteiger partial charge in [-0.3, -0.25) is 9.48 Å². The van der Waals surface area contributed by atoms with Gasteiger partial charge < -0.3 is 25.2 Å². The number of aromatic nitrogens is 3. The highest BCUT2D eigenvalue weighted by Crippen LogP contribution is 2.44. The van der Waals surface area contributed by atoms with E-state index in [2.05, 4.69) is 35.3 Å². The van der Waals surface area contributed by atoms with E-state index in [0.29, 0.717) is 37.2 Å². The molecule has 5 aromatic rings. The summed E-state index contributed by atoms with van der Waals surface area (Å²) in [5.74, 6) is 0.565. The number of pyridine rings is 1. The fourth-order valence-electron chi connectivity index (χ4n) is 6.44. The predicted octanol–water partition coefficient (Wildman–Crippen LogP) is 6.32. The number of anilines is 1. The summed E-state index contributed by atoms with van der Waals surface area (Å²) < 4.78 is 13.6. The van der Waals surface area contributed by atoms with E-state index < -0.39 is 5.97 Å². The number of carbonyl (C=O) groups excluding carboxylic acids is 1. The third-order valence-corrected chi connectivity index (χ3v) is 8.83. The first-order valence-corrected chi connectivity index (χ1v) is 15.4. The lowest BCUT2D eigenvalue weighted by molar-refractivity contribution is -0.136. The summed E-state index contributed by atoms with van der Waals surface area (Å²) >= 11 is 0. The first-order valence-electron chi connectivity index (χ1n) is 15.4. The van der Waals surface area contributed by atoms with E-state index in [9.17, 15) is 14.7 Å². The van der Waals surface area contributed by atoms with Crippen LogP contribution >= 0.6 is 0 Å². The van der Waals surface area contributed by atoms with E-state index in [0.717, 1.165) is 68.9 Å². The summed E-state index contributed by atoms with van der Waals surface area (Å²) in [6.45, 7) is 3.39. The molecule has 230 valence electrons. The van der Waals surface area contributed by atoms with Gasteiger partial charge in [-0.25, -0.2) is 9.78 Å². The smallest absolute Gasteiger partial charge is 0.409 e. The first-order chi connectivity index (χ1) is 21.9. The third-order valence-electron chi connectivity index (χ3n) is 8.83. The summed E-state index contributed by atoms with van der Waals surface area (Å²) in [5, 5.41) is 17.6. The van der Waals surface area contributed by atoms with Crippen LogP contribution in [0.25, 0.3) is 32.8 Å². The second kappa shape index (κ2) is 11.8. The van der Waals surface area contributed by atoms with Crippen molar-refractivity contribution in [2.45, 2.75) is 51.2 Å². The number of hydrogen-bond donors (Lipinski definition) is 2. The molecule has 0 radical (unpaired) electrons. The molecule has 3 aromatic carbocycles. The minimum Gasteiger partial charge on any atom is -0.487 e. The fraction of sp³-hybridized carbons (Fsp3) is 0.314. The van der Waals surface area contributed by atoms with E-state index in [-0.39, 0.29) is 25.2 Å². The monoisotopic (exact) mass is 605 g/mol. The summed E-state index contributed by atoms with van der Waals surface area (Å²) in [7, 11) is 0. The van der Waals surface area contributed by atoms with Crippen molar-refractivity contribution in [3.05, 3.63) is 83.7 Å². The van der Waals surface area contributed by atoms with E-state index in [1.165, 1.54) is 0 Å². The molecule has 3 N–H and O–H groups in total. The quantitative estimate of drug-likeness (QED) is 0.199. The number of nitrogens with two attached hydrogens (primary N) is 1. The Balaban J connectivity index is 1.27. The van der Waals surface area contributed by atoms with Crippen LogP contribution in [-0.2, 0) is 22.6 Å². The van der Waals surface area contributed by atoms with Crippen molar-refractivity contribution in [1.29, 1.82) is 0 Å². The minimum absolute atomic E-state index is 0.0242. The molecule has 10 nitrogen and oxygen atoms in total. The molecule has 10 heteroatoms. The van der Waals surface area contributed by atoms with Crippen molar-refractivity contribution in [2.75, 3.05) is 25.4 Å². The highest BCUT2D eigenvalue weighted by molar-refractivity contribution is 5.95. The van der Waals surface area contributed by atoms with Gasteiger partial charge in [-0.15, -0.1) is 0 Å². The summed E-state index contributed by atoms with van der Waals surface area (Å²) in [6, 6.07) is 20.1. The van der Waals surface area contributed by atoms with Gasteiger partial charge in [0.2, 0.25) is 0 Å². The van der Waals surface area contributed by atoms with Gasteiger partial charge in [0.25, 0.3) is 0 Å². The molecule has 0 bridgehead atoms. The number of aliphatic carboxylic acids is 1. The Labute approximate surface area is 260 Å². The average molecular weight is 606 g/mol. The molecule has 0 spiro atoms. The summed E-state index contributed by atoms with van der Waals surface area (Å²) in [6.07, 6.45) is 4.18. The van der Waals surface area contributed by atoms with Crippen LogP contribution in [0.1, 0.15) is 55.0 Å². The predicted molar refractivity (Wildman–Crippen MR) is 171 cm³/mol. The Kier molecular flexibility index (Phi) is 7.48. The van der Waals surface area contributed by atoms with Crippen molar-refractivity contribution >= 4 is 39.6 Å². The minimum atomic E-state index is -0.883. The Morgan fingerprint density at radius 2 is 1.82 bits per heavy atom. The highest BCUT2D eigenvalue weighted by atomic mass is 16.6. The van der Waals surface area contributed by atoms with E-state index >= 15 is 0 Å². The average Bonchev–Trinajstić information content (AvgIpc) is 3.65. The van der Waals surface area contributed by atoms with Crippen LogP contribution in [0, 0.1) is 0 Å². The number of rotatable bonds is 9. The molecule has 1 aliphatic carbocycles. The summed E-state index contributed by atoms with van der Waals surface area (Å²) in [4.78, 5) is 30.2. The fourth-order valence-corrected chi connectivity index (χ4v) is 6.44. The lowest BCUT2D eigenvalue weighted by Crippen LogP contribution is -2.29. The maximum atomic E-state index is 12.5. The van der Waals surface area contributed by atoms with Gasteiger partial charge >= 0.3 is 12.1 Å². The van der Waals surface area contributed by atoms with Gasteiger partial charge in [-0.1, -0.05) is 30.3 Å². The van der Waals surface area contributed by atoms with E-state index in [1.54, 1.807) is 18.0 Å². The first kappa shape index (κ1) is 28.6. The van der Waals surface area contributed by atoms with Crippen LogP contribution in [0.15, 0.2) is 66.9 Å². The zero-order chi connectivity index (χ0) is 31.1. The number of carboxylic acids is 1. The number of carbonyl (C=O) groups is 2. The molecule has 1 saturated heterocycles. The number of carboxylic acid groups (broad SMARTS) is 1. The van der Waals surface area contributed by atoms with Crippen molar-refractivity contribution in [3.63, 3.8) is 0 Å². The maximum absolute atomic E-state index is 12.5. The van der Waals surface area contributed by atoms with Crippen LogP contribution in [0.5, 0.6) is 5.75 Å². The largest absolute Gasteiger partial charge is 0.487 e. The molecule has 7 rings (SSSR count). The molecule has 1 saturated carbocycles. The Hall–Kier alpha value is -5.12. The van der Waals surface area contributed by atoms with Crippen molar-refractivity contribution < 1.29 is 24.2 Å². The number of amides is 1. The molecular formula is C35H35N5O5. The molecule has 3 heterocycles. The van der Waals surface area contributed by atoms with Gasteiger partial charge in [-0.2, -0.15) is 5.10 Å². The standard InChI is InChI=1S/C35H35N5O5/c1-2-44-35(43)39-15-13-25(19-39)40-31-11-10-24(23-9-8-22-12-14-37-34(36)27(22)16-23)17-29(31)30(38-40)20-45-32-5-3-4-26(21-6-7-21)28(32)18-33(41)42/h3-5,8-12,14,16-17,21,25H,2,6-7,13,15,18-20H2,1H3,(H2,36,37)(H,41,42). The molecule has 2 aromatic heterocycles. The van der Waals surface area contributed by atoms with Gasteiger partial charge in [-0.05, 0) is 84.5 Å². The van der Waals surface area contributed by atoms with Gasteiger partial charge in [0, 0.05) is 35.6 Å². The van der Waals surface area contributed by atoms with Gasteiger partial charge in [0.15, 0.2) is 0 Å². The number of nitrogen functional groups attached to an aromatic ring is 1. The van der Waals surface area contributed by atoms with Gasteiger partial charge in [0.1, 0.15) is 23.9 Å². The van der Waals surface area contributed by atoms with Crippen LogP contribution in [0.4, 0.5) is 10.6 Å². The normalized spacial score (nSPS) is 16.4. The Morgan fingerprint density at radius 1 is 1.02 bits per heavy atom. The summed E-state index contributed by atoms with van der Waals surface area (Å²) in [5.41, 5.74) is 11.7. The van der Waals surface area contributed by atoms with E-state index in [4.69, 9.17) is 20.3 Å². The number of nitrogens with zero attached hydrogens (tertiary/aromatic N) is 4. The van der Waals surface area contributed by atoms with Crippen molar-refractivity contribution in [2.24, 2.45) is 0 Å². The van der Waals surface area contributed by atoms with Crippen LogP contribution in [0.2, 0.25) is 0 Å². The number of likely N-dealkylation sites (tertiary alicyclic amines) is 1. The molecule has 1 aliphatic heterocycles. The molecular weight excluding hydrogens is 570 g/mol. The zero-order valence-electron chi connectivity index (χ0n) is 25.1. The van der Waals surface area contributed by atoms with Crippen molar-refractivity contribution in [1.82, 2.24) is 19.7 Å². The van der Waals surface area contributed by atoms with E-state index in [1.807, 2.05) is 35.0 Å². The lowest BCUT2D eigenvalue weighted by atomic mass is 9.99. The SMILES string of the molecule is CCOC(=O)N1CCC(n2nc(COc3cccc(C4CC4)c3CC(=O)O)c3cc(-c4ccc5ccnc(N)c5c4)ccc32)C1. The Bertz CT molecular complexity index is 1930. The van der Waals surface area contributed by atoms with Crippen LogP contribution < -0.4 is 10.5 Å². The maximum Gasteiger partial charge on any atom is 0.409 e. The molecule has 1 amide bonds. The number of fused-ring (bicyclic) bond motifs is 2. The van der Waals surface area contributed by atoms with Crippen LogP contribution in [-0.4, -0.2) is 56.5 Å². The van der Waals surface area contributed by atoms with Gasteiger partial charge in [0.05, 0.1) is 24.6 Å². The number of ether oxygens (including phenoxy) is 2. The molecule has 45 heavy (non-hydrogen) atoms. The Morgan fingerprint density at radius 3 is 2.60 bits per heavy atom. The lowest BCUT2D eigenvalue weighted by Gasteiger charge is -2.16. The molecule has 1 unspecified atom stereocenters. The highest BCUT2D eigenvalue weighted by Gasteiger charge is 2.31.